The van der Waals surface area contributed by atoms with Gasteiger partial charge in [-0.3, -0.25) is 19.4 Å². The zero-order valence-electron chi connectivity index (χ0n) is 18.4. The number of aromatic nitrogens is 1. The molecule has 35 heavy (non-hydrogen) atoms. The molecule has 1 aromatic heterocycles. The average Bonchev–Trinajstić information content (AvgIpc) is 2.83. The summed E-state index contributed by atoms with van der Waals surface area (Å²) in [4.78, 5) is 40.3. The summed E-state index contributed by atoms with van der Waals surface area (Å²) in [6.45, 7) is 0. The number of halogens is 3. The number of hydrogen-bond acceptors (Lipinski definition) is 6. The summed E-state index contributed by atoms with van der Waals surface area (Å²) in [6.07, 6.45) is -3.26. The van der Waals surface area contributed by atoms with Gasteiger partial charge in [-0.25, -0.2) is 0 Å². The number of benzene rings is 2. The van der Waals surface area contributed by atoms with Crippen LogP contribution in [0.1, 0.15) is 16.1 Å². The summed E-state index contributed by atoms with van der Waals surface area (Å²) in [5.41, 5.74) is -1.02. The number of amides is 3. The molecule has 0 aliphatic heterocycles. The van der Waals surface area contributed by atoms with Gasteiger partial charge in [0.2, 0.25) is 0 Å². The van der Waals surface area contributed by atoms with Crippen LogP contribution in [0, 0.1) is 0 Å². The van der Waals surface area contributed by atoms with E-state index in [1.54, 1.807) is 12.1 Å². The maximum Gasteiger partial charge on any atom is 0.416 e. The fourth-order valence-corrected chi connectivity index (χ4v) is 2.85. The topological polar surface area (TPSA) is 119 Å². The Bertz CT molecular complexity index is 1260. The molecule has 9 nitrogen and oxygen atoms in total. The first-order valence-electron chi connectivity index (χ1n) is 9.94. The number of nitrogens with one attached hydrogen (secondary N) is 3. The maximum atomic E-state index is 13.0. The molecule has 0 bridgehead atoms. The van der Waals surface area contributed by atoms with Crippen molar-refractivity contribution < 1.29 is 37.0 Å². The lowest BCUT2D eigenvalue weighted by Gasteiger charge is -2.14. The summed E-state index contributed by atoms with van der Waals surface area (Å²) < 4.78 is 49.6. The zero-order chi connectivity index (χ0) is 25.6. The van der Waals surface area contributed by atoms with Crippen molar-refractivity contribution in [1.29, 1.82) is 0 Å². The summed E-state index contributed by atoms with van der Waals surface area (Å²) >= 11 is 0. The molecule has 3 amide bonds. The Balaban J connectivity index is 1.71. The van der Waals surface area contributed by atoms with Gasteiger partial charge in [0.25, 0.3) is 5.91 Å². The van der Waals surface area contributed by atoms with Crippen molar-refractivity contribution in [3.63, 3.8) is 0 Å². The molecule has 0 aliphatic carbocycles. The molecular weight excluding hydrogens is 469 g/mol. The summed E-state index contributed by atoms with van der Waals surface area (Å²) in [6, 6.07) is 11.4. The van der Waals surface area contributed by atoms with Crippen LogP contribution in [-0.2, 0) is 15.8 Å². The van der Waals surface area contributed by atoms with Crippen molar-refractivity contribution in [2.45, 2.75) is 6.18 Å². The molecule has 1 heterocycles. The van der Waals surface area contributed by atoms with Crippen molar-refractivity contribution in [2.75, 3.05) is 24.8 Å². The fourth-order valence-electron chi connectivity index (χ4n) is 2.85. The Hall–Kier alpha value is -4.61. The Kier molecular flexibility index (Phi) is 7.54. The van der Waals surface area contributed by atoms with Gasteiger partial charge in [-0.15, -0.1) is 0 Å². The van der Waals surface area contributed by atoms with Gasteiger partial charge in [0, 0.05) is 31.1 Å². The molecule has 12 heteroatoms. The molecule has 0 radical (unpaired) electrons. The second-order valence-corrected chi connectivity index (χ2v) is 6.91. The molecule has 0 aliphatic rings. The number of anilines is 2. The minimum absolute atomic E-state index is 0.0528. The number of carbonyl (C=O) groups is 3. The number of alkyl halides is 3. The number of rotatable bonds is 6. The molecule has 0 saturated heterocycles. The highest BCUT2D eigenvalue weighted by Gasteiger charge is 2.31. The van der Waals surface area contributed by atoms with Crippen LogP contribution in [0.3, 0.4) is 0 Å². The molecule has 0 spiro atoms. The molecule has 3 aromatic rings. The second kappa shape index (κ2) is 10.5. The van der Waals surface area contributed by atoms with Crippen molar-refractivity contribution in [2.24, 2.45) is 0 Å². The standard InChI is InChI=1S/C23H19F3N4O5/c1-27-20(31)18-12-16(8-9-28-18)35-15-5-3-4-14(11-15)29-21(32)22(33)30-17-10-13(23(24,25)26)6-7-19(17)34-2/h3-12H,1-2H3,(H,27,31)(H,29,32)(H,30,33). The van der Waals surface area contributed by atoms with Gasteiger partial charge in [-0.1, -0.05) is 6.07 Å². The third-order valence-corrected chi connectivity index (χ3v) is 4.50. The predicted molar refractivity (Wildman–Crippen MR) is 119 cm³/mol. The SMILES string of the molecule is CNC(=O)c1cc(Oc2cccc(NC(=O)C(=O)Nc3cc(C(F)(F)F)ccc3OC)c2)ccn1. The molecule has 3 N–H and O–H groups in total. The van der Waals surface area contributed by atoms with E-state index in [1.165, 1.54) is 44.6 Å². The van der Waals surface area contributed by atoms with Crippen LogP contribution < -0.4 is 25.4 Å². The van der Waals surface area contributed by atoms with Crippen LogP contribution in [0.5, 0.6) is 17.2 Å². The van der Waals surface area contributed by atoms with Crippen LogP contribution in [0.25, 0.3) is 0 Å². The first-order valence-corrected chi connectivity index (χ1v) is 9.94. The van der Waals surface area contributed by atoms with Gasteiger partial charge >= 0.3 is 18.0 Å². The Labute approximate surface area is 197 Å². The van der Waals surface area contributed by atoms with E-state index in [2.05, 4.69) is 20.9 Å². The minimum atomic E-state index is -4.65. The lowest BCUT2D eigenvalue weighted by atomic mass is 10.1. The van der Waals surface area contributed by atoms with Gasteiger partial charge < -0.3 is 25.4 Å². The Morgan fingerprint density at radius 1 is 0.914 bits per heavy atom. The van der Waals surface area contributed by atoms with Gasteiger partial charge in [-0.2, -0.15) is 13.2 Å². The first-order chi connectivity index (χ1) is 16.6. The van der Waals surface area contributed by atoms with Gasteiger partial charge in [0.15, 0.2) is 0 Å². The van der Waals surface area contributed by atoms with E-state index in [-0.39, 0.29) is 28.6 Å². The van der Waals surface area contributed by atoms with E-state index in [0.29, 0.717) is 11.8 Å². The van der Waals surface area contributed by atoms with Crippen LogP contribution in [0.4, 0.5) is 24.5 Å². The van der Waals surface area contributed by atoms with E-state index in [0.717, 1.165) is 12.1 Å². The average molecular weight is 488 g/mol. The van der Waals surface area contributed by atoms with Crippen LogP contribution in [0.15, 0.2) is 60.8 Å². The van der Waals surface area contributed by atoms with Gasteiger partial charge in [0.1, 0.15) is 22.9 Å². The number of ether oxygens (including phenoxy) is 2. The highest BCUT2D eigenvalue weighted by atomic mass is 19.4. The Morgan fingerprint density at radius 3 is 2.31 bits per heavy atom. The van der Waals surface area contributed by atoms with E-state index < -0.39 is 29.5 Å². The van der Waals surface area contributed by atoms with Crippen molar-refractivity contribution in [3.8, 4) is 17.2 Å². The van der Waals surface area contributed by atoms with E-state index in [1.807, 2.05) is 0 Å². The van der Waals surface area contributed by atoms with Gasteiger partial charge in [0.05, 0.1) is 18.4 Å². The second-order valence-electron chi connectivity index (χ2n) is 6.91. The highest BCUT2D eigenvalue weighted by Crippen LogP contribution is 2.35. The largest absolute Gasteiger partial charge is 0.495 e. The molecule has 182 valence electrons. The summed E-state index contributed by atoms with van der Waals surface area (Å²) in [5.74, 6) is -2.22. The minimum Gasteiger partial charge on any atom is -0.495 e. The molecule has 0 saturated carbocycles. The van der Waals surface area contributed by atoms with Gasteiger partial charge in [-0.05, 0) is 36.4 Å². The highest BCUT2D eigenvalue weighted by molar-refractivity contribution is 6.43. The van der Waals surface area contributed by atoms with Crippen molar-refractivity contribution in [1.82, 2.24) is 10.3 Å². The number of methoxy groups -OCH3 is 1. The normalized spacial score (nSPS) is 10.8. The number of carbonyl (C=O) groups excluding carboxylic acids is 3. The maximum absolute atomic E-state index is 13.0. The smallest absolute Gasteiger partial charge is 0.416 e. The molecule has 0 fully saturated rings. The summed E-state index contributed by atoms with van der Waals surface area (Å²) in [7, 11) is 2.67. The van der Waals surface area contributed by atoms with E-state index in [9.17, 15) is 27.6 Å². The van der Waals surface area contributed by atoms with Crippen molar-refractivity contribution >= 4 is 29.1 Å². The lowest BCUT2D eigenvalue weighted by Crippen LogP contribution is -2.29. The third kappa shape index (κ3) is 6.47. The number of hydrogen-bond donors (Lipinski definition) is 3. The summed E-state index contributed by atoms with van der Waals surface area (Å²) in [5, 5.41) is 6.90. The Morgan fingerprint density at radius 2 is 1.63 bits per heavy atom. The first kappa shape index (κ1) is 25.0. The molecular formula is C23H19F3N4O5. The zero-order valence-corrected chi connectivity index (χ0v) is 18.4. The third-order valence-electron chi connectivity index (χ3n) is 4.50. The van der Waals surface area contributed by atoms with Crippen LogP contribution in [-0.4, -0.2) is 36.9 Å². The monoisotopic (exact) mass is 488 g/mol. The number of pyridine rings is 1. The number of nitrogens with zero attached hydrogens (tertiary/aromatic N) is 1. The van der Waals surface area contributed by atoms with Crippen LogP contribution in [0.2, 0.25) is 0 Å². The van der Waals surface area contributed by atoms with E-state index >= 15 is 0 Å². The quantitative estimate of drug-likeness (QED) is 0.454. The molecule has 0 atom stereocenters. The predicted octanol–water partition coefficient (Wildman–Crippen LogP) is 3.84. The fraction of sp³-hybridized carbons (Fsp3) is 0.130. The molecule has 3 rings (SSSR count). The molecule has 2 aromatic carbocycles. The van der Waals surface area contributed by atoms with E-state index in [4.69, 9.17) is 9.47 Å². The van der Waals surface area contributed by atoms with Crippen molar-refractivity contribution in [3.05, 3.63) is 72.1 Å². The van der Waals surface area contributed by atoms with Crippen LogP contribution >= 0.6 is 0 Å². The lowest BCUT2D eigenvalue weighted by molar-refractivity contribution is -0.137. The molecule has 0 unspecified atom stereocenters.